The topological polar surface area (TPSA) is 46.5 Å². The lowest BCUT2D eigenvalue weighted by molar-refractivity contribution is 0.0699. The van der Waals surface area contributed by atoms with Crippen LogP contribution in [-0.4, -0.2) is 17.2 Å². The Labute approximate surface area is 124 Å². The van der Waals surface area contributed by atoms with E-state index >= 15 is 0 Å². The minimum Gasteiger partial charge on any atom is -0.490 e. The van der Waals surface area contributed by atoms with Gasteiger partial charge >= 0.3 is 5.97 Å². The summed E-state index contributed by atoms with van der Waals surface area (Å²) in [6, 6.07) is 11.0. The van der Waals surface area contributed by atoms with Crippen LogP contribution < -0.4 is 4.74 Å². The average Bonchev–Trinajstić information content (AvgIpc) is 2.76. The molecule has 1 aliphatic rings. The van der Waals surface area contributed by atoms with Gasteiger partial charge in [-0.25, -0.2) is 4.79 Å². The van der Waals surface area contributed by atoms with Crippen LogP contribution in [0.25, 0.3) is 10.8 Å². The van der Waals surface area contributed by atoms with Gasteiger partial charge in [-0.2, -0.15) is 0 Å². The second kappa shape index (κ2) is 6.17. The van der Waals surface area contributed by atoms with Gasteiger partial charge in [0.25, 0.3) is 0 Å². The summed E-state index contributed by atoms with van der Waals surface area (Å²) in [5.41, 5.74) is 0.332. The monoisotopic (exact) mass is 284 g/mol. The van der Waals surface area contributed by atoms with Gasteiger partial charge in [0.2, 0.25) is 0 Å². The van der Waals surface area contributed by atoms with Crippen LogP contribution in [0, 0.1) is 0 Å². The summed E-state index contributed by atoms with van der Waals surface area (Å²) >= 11 is 0. The fraction of sp³-hybridized carbons (Fsp3) is 0.389. The predicted octanol–water partition coefficient (Wildman–Crippen LogP) is 4.64. The van der Waals surface area contributed by atoms with Crippen LogP contribution >= 0.6 is 0 Å². The molecule has 0 amide bonds. The van der Waals surface area contributed by atoms with Crippen LogP contribution in [0.15, 0.2) is 36.4 Å². The van der Waals surface area contributed by atoms with Crippen molar-refractivity contribution in [1.29, 1.82) is 0 Å². The van der Waals surface area contributed by atoms with Crippen LogP contribution in [0.4, 0.5) is 0 Å². The molecule has 2 aromatic carbocycles. The maximum atomic E-state index is 11.3. The lowest BCUT2D eigenvalue weighted by Gasteiger charge is -2.19. The second-order valence-electron chi connectivity index (χ2n) is 5.69. The zero-order valence-electron chi connectivity index (χ0n) is 12.0. The van der Waals surface area contributed by atoms with Crippen LogP contribution in [0.3, 0.4) is 0 Å². The highest BCUT2D eigenvalue weighted by Gasteiger charge is 2.17. The van der Waals surface area contributed by atoms with Crippen molar-refractivity contribution in [3.8, 4) is 5.75 Å². The maximum Gasteiger partial charge on any atom is 0.336 e. The third-order valence-electron chi connectivity index (χ3n) is 4.21. The Morgan fingerprint density at radius 1 is 0.952 bits per heavy atom. The normalized spacial score (nSPS) is 16.6. The number of carbonyl (C=O) groups is 1. The maximum absolute atomic E-state index is 11.3. The zero-order valence-corrected chi connectivity index (χ0v) is 12.0. The van der Waals surface area contributed by atoms with E-state index < -0.39 is 5.97 Å². The Morgan fingerprint density at radius 2 is 1.62 bits per heavy atom. The number of aromatic carboxylic acids is 1. The van der Waals surface area contributed by atoms with Crippen molar-refractivity contribution in [2.45, 2.75) is 44.6 Å². The SMILES string of the molecule is O=C(O)c1ccc(OC2CCCCCC2)c2ccccc12. The highest BCUT2D eigenvalue weighted by atomic mass is 16.5. The smallest absolute Gasteiger partial charge is 0.336 e. The van der Waals surface area contributed by atoms with Crippen molar-refractivity contribution in [3.05, 3.63) is 42.0 Å². The van der Waals surface area contributed by atoms with Crippen molar-refractivity contribution in [2.24, 2.45) is 0 Å². The third-order valence-corrected chi connectivity index (χ3v) is 4.21. The molecule has 0 aliphatic heterocycles. The molecule has 1 N–H and O–H groups in total. The van der Waals surface area contributed by atoms with Gasteiger partial charge in [-0.3, -0.25) is 0 Å². The van der Waals surface area contributed by atoms with E-state index in [0.717, 1.165) is 29.4 Å². The van der Waals surface area contributed by atoms with Gasteiger partial charge in [-0.15, -0.1) is 0 Å². The minimum atomic E-state index is -0.896. The summed E-state index contributed by atoms with van der Waals surface area (Å²) in [7, 11) is 0. The predicted molar refractivity (Wildman–Crippen MR) is 83.0 cm³/mol. The Kier molecular flexibility index (Phi) is 4.09. The molecule has 0 saturated heterocycles. The van der Waals surface area contributed by atoms with Crippen LogP contribution in [0.5, 0.6) is 5.75 Å². The Morgan fingerprint density at radius 3 is 2.29 bits per heavy atom. The molecule has 110 valence electrons. The largest absolute Gasteiger partial charge is 0.490 e. The van der Waals surface area contributed by atoms with E-state index in [0.29, 0.717) is 5.56 Å². The first-order chi connectivity index (χ1) is 10.3. The van der Waals surface area contributed by atoms with Crippen molar-refractivity contribution < 1.29 is 14.6 Å². The number of rotatable bonds is 3. The summed E-state index contributed by atoms with van der Waals surface area (Å²) in [4.78, 5) is 11.3. The highest BCUT2D eigenvalue weighted by molar-refractivity contribution is 6.05. The molecule has 0 bridgehead atoms. The van der Waals surface area contributed by atoms with Crippen molar-refractivity contribution in [1.82, 2.24) is 0 Å². The molecular weight excluding hydrogens is 264 g/mol. The summed E-state index contributed by atoms with van der Waals surface area (Å²) in [6.07, 6.45) is 7.46. The molecule has 3 nitrogen and oxygen atoms in total. The van der Waals surface area contributed by atoms with E-state index in [4.69, 9.17) is 4.74 Å². The second-order valence-corrected chi connectivity index (χ2v) is 5.69. The number of benzene rings is 2. The van der Waals surface area contributed by atoms with E-state index in [-0.39, 0.29) is 6.10 Å². The molecule has 0 aromatic heterocycles. The van der Waals surface area contributed by atoms with Gasteiger partial charge in [0.05, 0.1) is 11.7 Å². The molecule has 0 atom stereocenters. The molecule has 1 aliphatic carbocycles. The molecular formula is C18H20O3. The first-order valence-electron chi connectivity index (χ1n) is 7.67. The van der Waals surface area contributed by atoms with E-state index in [1.807, 2.05) is 24.3 Å². The van der Waals surface area contributed by atoms with Gasteiger partial charge in [0.15, 0.2) is 0 Å². The zero-order chi connectivity index (χ0) is 14.7. The summed E-state index contributed by atoms with van der Waals surface area (Å²) < 4.78 is 6.19. The molecule has 1 saturated carbocycles. The molecule has 1 fully saturated rings. The Bertz CT molecular complexity index is 640. The average molecular weight is 284 g/mol. The fourth-order valence-corrected chi connectivity index (χ4v) is 3.10. The first-order valence-corrected chi connectivity index (χ1v) is 7.67. The summed E-state index contributed by atoms with van der Waals surface area (Å²) in [6.45, 7) is 0. The van der Waals surface area contributed by atoms with E-state index in [2.05, 4.69) is 0 Å². The lowest BCUT2D eigenvalue weighted by atomic mass is 10.0. The molecule has 0 heterocycles. The number of hydrogen-bond acceptors (Lipinski definition) is 2. The number of carboxylic acids is 1. The van der Waals surface area contributed by atoms with Crippen LogP contribution in [0.2, 0.25) is 0 Å². The van der Waals surface area contributed by atoms with Crippen molar-refractivity contribution >= 4 is 16.7 Å². The number of hydrogen-bond donors (Lipinski definition) is 1. The Hall–Kier alpha value is -2.03. The molecule has 0 spiro atoms. The van der Waals surface area contributed by atoms with Gasteiger partial charge in [0.1, 0.15) is 5.75 Å². The Balaban J connectivity index is 1.95. The molecule has 0 radical (unpaired) electrons. The van der Waals surface area contributed by atoms with Crippen LogP contribution in [0.1, 0.15) is 48.9 Å². The molecule has 3 rings (SSSR count). The minimum absolute atomic E-state index is 0.256. The van der Waals surface area contributed by atoms with E-state index in [1.54, 1.807) is 12.1 Å². The van der Waals surface area contributed by atoms with Crippen molar-refractivity contribution in [2.75, 3.05) is 0 Å². The molecule has 21 heavy (non-hydrogen) atoms. The highest BCUT2D eigenvalue weighted by Crippen LogP contribution is 2.31. The van der Waals surface area contributed by atoms with Crippen molar-refractivity contribution in [3.63, 3.8) is 0 Å². The van der Waals surface area contributed by atoms with E-state index in [9.17, 15) is 9.90 Å². The first kappa shape index (κ1) is 13.9. The quantitative estimate of drug-likeness (QED) is 0.835. The molecule has 0 unspecified atom stereocenters. The molecule has 3 heteroatoms. The molecule has 2 aromatic rings. The number of fused-ring (bicyclic) bond motifs is 1. The summed E-state index contributed by atoms with van der Waals surface area (Å²) in [5.74, 6) is -0.0882. The van der Waals surface area contributed by atoms with Gasteiger partial charge < -0.3 is 9.84 Å². The number of ether oxygens (including phenoxy) is 1. The third kappa shape index (κ3) is 3.02. The van der Waals surface area contributed by atoms with Gasteiger partial charge in [0, 0.05) is 5.39 Å². The lowest BCUT2D eigenvalue weighted by Crippen LogP contribution is -2.15. The summed E-state index contributed by atoms with van der Waals surface area (Å²) in [5, 5.41) is 10.9. The van der Waals surface area contributed by atoms with E-state index in [1.165, 1.54) is 25.7 Å². The van der Waals surface area contributed by atoms with Gasteiger partial charge in [-0.05, 0) is 43.2 Å². The number of carboxylic acid groups (broad SMARTS) is 1. The van der Waals surface area contributed by atoms with Gasteiger partial charge in [-0.1, -0.05) is 37.1 Å². The fourth-order valence-electron chi connectivity index (χ4n) is 3.10. The standard InChI is InChI=1S/C18H20O3/c19-18(20)16-11-12-17(15-10-6-5-9-14(15)16)21-13-7-3-1-2-4-8-13/h5-6,9-13H,1-4,7-8H2,(H,19,20). The van der Waals surface area contributed by atoms with Crippen LogP contribution in [-0.2, 0) is 0 Å².